The van der Waals surface area contributed by atoms with Gasteiger partial charge in [-0.3, -0.25) is 0 Å². The van der Waals surface area contributed by atoms with Crippen LogP contribution in [0.25, 0.3) is 0 Å². The van der Waals surface area contributed by atoms with Gasteiger partial charge in [-0.2, -0.15) is 0 Å². The average Bonchev–Trinajstić information content (AvgIpc) is 2.72. The number of nitrogens with zero attached hydrogens (tertiary/aromatic N) is 1. The van der Waals surface area contributed by atoms with E-state index in [0.717, 1.165) is 27.4 Å². The van der Waals surface area contributed by atoms with E-state index in [1.165, 1.54) is 0 Å². The highest BCUT2D eigenvalue weighted by Crippen LogP contribution is 2.36. The van der Waals surface area contributed by atoms with Crippen LogP contribution in [-0.4, -0.2) is 17.1 Å². The third-order valence-corrected chi connectivity index (χ3v) is 3.24. The van der Waals surface area contributed by atoms with Crippen molar-refractivity contribution in [2.24, 2.45) is 0 Å². The molecule has 0 fully saturated rings. The van der Waals surface area contributed by atoms with Gasteiger partial charge in [0.25, 0.3) is 0 Å². The van der Waals surface area contributed by atoms with Gasteiger partial charge >= 0.3 is 0 Å². The highest BCUT2D eigenvalue weighted by molar-refractivity contribution is 9.10. The van der Waals surface area contributed by atoms with E-state index in [1.807, 2.05) is 13.0 Å². The smallest absolute Gasteiger partial charge is 0.156 e. The summed E-state index contributed by atoms with van der Waals surface area (Å²) < 4.78 is 6.15. The van der Waals surface area contributed by atoms with Crippen molar-refractivity contribution in [3.63, 3.8) is 0 Å². The Balaban J connectivity index is 2.18. The van der Waals surface area contributed by atoms with Crippen LogP contribution in [0.1, 0.15) is 11.5 Å². The monoisotopic (exact) mass is 329 g/mol. The lowest BCUT2D eigenvalue weighted by Gasteiger charge is -2.12. The van der Waals surface area contributed by atoms with Crippen molar-refractivity contribution in [1.82, 2.24) is 9.97 Å². The number of aromatic amines is 1. The molecule has 0 saturated heterocycles. The molecule has 2 rings (SSSR count). The second kappa shape index (κ2) is 5.63. The number of benzene rings is 1. The summed E-state index contributed by atoms with van der Waals surface area (Å²) in [5, 5.41) is 3.91. The summed E-state index contributed by atoms with van der Waals surface area (Å²) in [4.78, 5) is 7.30. The van der Waals surface area contributed by atoms with Gasteiger partial charge in [-0.05, 0) is 35.0 Å². The number of H-pyrrole nitrogens is 1. The largest absolute Gasteiger partial charge is 0.493 e. The third kappa shape index (κ3) is 2.97. The first-order valence-electron chi connectivity index (χ1n) is 5.37. The number of anilines is 1. The van der Waals surface area contributed by atoms with Gasteiger partial charge in [0, 0.05) is 5.02 Å². The number of hydrogen-bond donors (Lipinski definition) is 2. The number of halogens is 2. The highest BCUT2D eigenvalue weighted by atomic mass is 79.9. The van der Waals surface area contributed by atoms with Crippen molar-refractivity contribution in [2.75, 3.05) is 12.4 Å². The van der Waals surface area contributed by atoms with Gasteiger partial charge in [-0.1, -0.05) is 11.6 Å². The predicted octanol–water partition coefficient (Wildman–Crippen LogP) is 3.75. The molecule has 0 amide bonds. The number of aryl methyl sites for hydroxylation is 1. The van der Waals surface area contributed by atoms with Crippen LogP contribution in [0.15, 0.2) is 22.8 Å². The molecule has 4 nitrogen and oxygen atoms in total. The van der Waals surface area contributed by atoms with E-state index in [4.69, 9.17) is 16.3 Å². The lowest BCUT2D eigenvalue weighted by Crippen LogP contribution is -2.02. The summed E-state index contributed by atoms with van der Waals surface area (Å²) in [6, 6.07) is 3.63. The Morgan fingerprint density at radius 2 is 2.28 bits per heavy atom. The van der Waals surface area contributed by atoms with Gasteiger partial charge in [0.2, 0.25) is 0 Å². The van der Waals surface area contributed by atoms with Crippen molar-refractivity contribution < 1.29 is 4.74 Å². The Morgan fingerprint density at radius 1 is 1.50 bits per heavy atom. The summed E-state index contributed by atoms with van der Waals surface area (Å²) in [5.41, 5.74) is 1.84. The molecule has 0 unspecified atom stereocenters. The molecule has 0 saturated carbocycles. The molecule has 0 aliphatic rings. The number of aromatic nitrogens is 2. The maximum atomic E-state index is 6.02. The average molecular weight is 331 g/mol. The molecule has 0 spiro atoms. The van der Waals surface area contributed by atoms with Crippen LogP contribution in [0.2, 0.25) is 5.02 Å². The van der Waals surface area contributed by atoms with Crippen molar-refractivity contribution in [3.8, 4) is 5.75 Å². The summed E-state index contributed by atoms with van der Waals surface area (Å²) in [7, 11) is 1.62. The maximum Gasteiger partial charge on any atom is 0.156 e. The molecule has 1 heterocycles. The first-order valence-corrected chi connectivity index (χ1v) is 6.54. The van der Waals surface area contributed by atoms with Crippen molar-refractivity contribution in [2.45, 2.75) is 13.5 Å². The van der Waals surface area contributed by atoms with Crippen LogP contribution in [0.5, 0.6) is 5.75 Å². The van der Waals surface area contributed by atoms with Gasteiger partial charge in [0.05, 0.1) is 35.7 Å². The fourth-order valence-corrected chi connectivity index (χ4v) is 2.62. The van der Waals surface area contributed by atoms with Crippen LogP contribution < -0.4 is 10.1 Å². The van der Waals surface area contributed by atoms with Gasteiger partial charge in [0.1, 0.15) is 5.82 Å². The minimum atomic E-state index is 0.629. The minimum absolute atomic E-state index is 0.629. The Labute approximate surface area is 119 Å². The van der Waals surface area contributed by atoms with Gasteiger partial charge in [0.15, 0.2) is 5.75 Å². The predicted molar refractivity (Wildman–Crippen MR) is 76.4 cm³/mol. The zero-order chi connectivity index (χ0) is 13.1. The van der Waals surface area contributed by atoms with E-state index in [1.54, 1.807) is 19.4 Å². The first-order chi connectivity index (χ1) is 8.60. The summed E-state index contributed by atoms with van der Waals surface area (Å²) in [6.45, 7) is 2.55. The standard InChI is InChI=1S/C12H13BrClN3O/c1-7-15-5-9(17-7)6-16-11-4-8(14)3-10(13)12(11)18-2/h3-5,16H,6H2,1-2H3,(H,15,17). The van der Waals surface area contributed by atoms with Crippen LogP contribution in [-0.2, 0) is 6.54 Å². The van der Waals surface area contributed by atoms with Crippen molar-refractivity contribution in [1.29, 1.82) is 0 Å². The first kappa shape index (κ1) is 13.2. The molecule has 0 radical (unpaired) electrons. The van der Waals surface area contributed by atoms with Crippen LogP contribution in [0, 0.1) is 6.92 Å². The fourth-order valence-electron chi connectivity index (χ4n) is 1.65. The van der Waals surface area contributed by atoms with E-state index in [2.05, 4.69) is 31.2 Å². The molecule has 6 heteroatoms. The van der Waals surface area contributed by atoms with Crippen LogP contribution >= 0.6 is 27.5 Å². The Morgan fingerprint density at radius 3 is 2.89 bits per heavy atom. The van der Waals surface area contributed by atoms with E-state index in [-0.39, 0.29) is 0 Å². The quantitative estimate of drug-likeness (QED) is 0.897. The number of ether oxygens (including phenoxy) is 1. The zero-order valence-corrected chi connectivity index (χ0v) is 12.4. The molecule has 0 atom stereocenters. The number of rotatable bonds is 4. The fraction of sp³-hybridized carbons (Fsp3) is 0.250. The number of nitrogens with one attached hydrogen (secondary N) is 2. The number of methoxy groups -OCH3 is 1. The second-order valence-corrected chi connectivity index (χ2v) is 5.11. The van der Waals surface area contributed by atoms with Crippen LogP contribution in [0.3, 0.4) is 0 Å². The Hall–Kier alpha value is -1.20. The molecule has 2 aromatic rings. The lowest BCUT2D eigenvalue weighted by atomic mass is 10.3. The molecule has 18 heavy (non-hydrogen) atoms. The third-order valence-electron chi connectivity index (χ3n) is 2.44. The summed E-state index contributed by atoms with van der Waals surface area (Å²) in [5.74, 6) is 1.63. The van der Waals surface area contributed by atoms with Crippen LogP contribution in [0.4, 0.5) is 5.69 Å². The Bertz CT molecular complexity index is 556. The topological polar surface area (TPSA) is 49.9 Å². The summed E-state index contributed by atoms with van der Waals surface area (Å²) >= 11 is 9.44. The summed E-state index contributed by atoms with van der Waals surface area (Å²) in [6.07, 6.45) is 1.80. The van der Waals surface area contributed by atoms with E-state index in [0.29, 0.717) is 11.6 Å². The zero-order valence-electron chi connectivity index (χ0n) is 10.1. The van der Waals surface area contributed by atoms with E-state index < -0.39 is 0 Å². The molecule has 1 aromatic heterocycles. The molecular formula is C12H13BrClN3O. The van der Waals surface area contributed by atoms with Gasteiger partial charge in [-0.15, -0.1) is 0 Å². The molecule has 0 aliphatic carbocycles. The maximum absolute atomic E-state index is 6.02. The molecule has 0 bridgehead atoms. The van der Waals surface area contributed by atoms with E-state index in [9.17, 15) is 0 Å². The molecule has 0 aliphatic heterocycles. The van der Waals surface area contributed by atoms with Crippen molar-refractivity contribution in [3.05, 3.63) is 39.3 Å². The second-order valence-electron chi connectivity index (χ2n) is 3.82. The minimum Gasteiger partial charge on any atom is -0.493 e. The SMILES string of the molecule is COc1c(Br)cc(Cl)cc1NCc1cnc(C)[nH]1. The number of hydrogen-bond acceptors (Lipinski definition) is 3. The molecule has 1 aromatic carbocycles. The van der Waals surface area contributed by atoms with Gasteiger partial charge in [-0.25, -0.2) is 4.98 Å². The molecule has 2 N–H and O–H groups in total. The normalized spacial score (nSPS) is 10.4. The van der Waals surface area contributed by atoms with Gasteiger partial charge < -0.3 is 15.0 Å². The Kier molecular flexibility index (Phi) is 4.14. The molecular weight excluding hydrogens is 318 g/mol. The van der Waals surface area contributed by atoms with Crippen molar-refractivity contribution >= 4 is 33.2 Å². The lowest BCUT2D eigenvalue weighted by molar-refractivity contribution is 0.414. The van der Waals surface area contributed by atoms with E-state index >= 15 is 0 Å². The highest BCUT2D eigenvalue weighted by Gasteiger charge is 2.09. The molecule has 96 valence electrons. The number of imidazole rings is 1.